The van der Waals surface area contributed by atoms with Crippen LogP contribution in [0.15, 0.2) is 61.2 Å². The fraction of sp³-hybridized carbons (Fsp3) is 0.167. The molecule has 0 unspecified atom stereocenters. The summed E-state index contributed by atoms with van der Waals surface area (Å²) in [6.07, 6.45) is 6.98. The molecule has 0 bridgehead atoms. The lowest BCUT2D eigenvalue weighted by atomic mass is 9.96. The van der Waals surface area contributed by atoms with Crippen LogP contribution >= 0.6 is 0 Å². The van der Waals surface area contributed by atoms with Gasteiger partial charge in [0.05, 0.1) is 35.2 Å². The van der Waals surface area contributed by atoms with Gasteiger partial charge in [-0.3, -0.25) is 15.1 Å². The van der Waals surface area contributed by atoms with Gasteiger partial charge in [-0.15, -0.1) is 0 Å². The number of benzene rings is 1. The molecule has 0 saturated carbocycles. The summed E-state index contributed by atoms with van der Waals surface area (Å²) in [5, 5.41) is 26.0. The Morgan fingerprint density at radius 3 is 2.78 bits per heavy atom. The van der Waals surface area contributed by atoms with E-state index in [-0.39, 0.29) is 11.5 Å². The van der Waals surface area contributed by atoms with Crippen molar-refractivity contribution in [1.82, 2.24) is 25.1 Å². The Bertz CT molecular complexity index is 1320. The van der Waals surface area contributed by atoms with E-state index >= 15 is 0 Å². The Labute approximate surface area is 186 Å². The van der Waals surface area contributed by atoms with Gasteiger partial charge in [-0.1, -0.05) is 6.07 Å². The normalized spacial score (nSPS) is 11.8. The maximum absolute atomic E-state index is 9.86. The van der Waals surface area contributed by atoms with Gasteiger partial charge in [0.1, 0.15) is 5.75 Å². The van der Waals surface area contributed by atoms with E-state index in [2.05, 4.69) is 15.4 Å². The van der Waals surface area contributed by atoms with Gasteiger partial charge in [0.25, 0.3) is 0 Å². The molecule has 1 aromatic carbocycles. The first-order valence-corrected chi connectivity index (χ1v) is 10.3. The second kappa shape index (κ2) is 8.99. The summed E-state index contributed by atoms with van der Waals surface area (Å²) < 4.78 is 1.88. The third-order valence-corrected chi connectivity index (χ3v) is 5.30. The number of hydrogen-bond acceptors (Lipinski definition) is 7. The predicted octanol–water partition coefficient (Wildman–Crippen LogP) is 3.09. The van der Waals surface area contributed by atoms with Crippen LogP contribution in [-0.4, -0.2) is 44.2 Å². The number of aromatic nitrogens is 4. The van der Waals surface area contributed by atoms with Gasteiger partial charge in [0, 0.05) is 47.4 Å². The predicted molar refractivity (Wildman–Crippen MR) is 127 cm³/mol. The van der Waals surface area contributed by atoms with E-state index in [1.165, 1.54) is 6.20 Å². The van der Waals surface area contributed by atoms with Crippen molar-refractivity contribution in [3.8, 4) is 16.9 Å². The number of allylic oxidation sites excluding steroid dienone is 1. The minimum atomic E-state index is 0.0994. The summed E-state index contributed by atoms with van der Waals surface area (Å²) >= 11 is 0. The molecule has 0 atom stereocenters. The maximum Gasteiger partial charge on any atom is 0.116 e. The lowest BCUT2D eigenvalue weighted by Crippen LogP contribution is -2.14. The van der Waals surface area contributed by atoms with E-state index in [9.17, 15) is 5.11 Å². The number of rotatable bonds is 7. The number of likely N-dealkylation sites (N-methyl/N-ethyl adjacent to an activating group) is 1. The number of fused-ring (bicyclic) bond motifs is 1. The first kappa shape index (κ1) is 21.2. The standard InChI is InChI=1S/C24H25N7O/c1-15-3-4-18(32)10-19(15)24(26)20(11-25)21-5-6-22-23(30-21)9-16(12-28-22)17-13-29-31(14-17)8-7-27-2/h3-6,9-14,26-27,32H,7-8,25H2,1-2H3/b20-11-,26-24?. The van der Waals surface area contributed by atoms with Crippen LogP contribution in [0.3, 0.4) is 0 Å². The summed E-state index contributed by atoms with van der Waals surface area (Å²) in [7, 11) is 1.91. The molecule has 0 aliphatic heterocycles. The fourth-order valence-electron chi connectivity index (χ4n) is 3.50. The Balaban J connectivity index is 1.69. The number of pyridine rings is 2. The molecule has 0 aliphatic carbocycles. The van der Waals surface area contributed by atoms with Crippen LogP contribution in [0.25, 0.3) is 27.7 Å². The third-order valence-electron chi connectivity index (χ3n) is 5.30. The number of nitrogens with zero attached hydrogens (tertiary/aromatic N) is 4. The number of phenols is 1. The summed E-state index contributed by atoms with van der Waals surface area (Å²) in [4.78, 5) is 9.27. The molecule has 162 valence electrons. The molecular formula is C24H25N7O. The van der Waals surface area contributed by atoms with Crippen LogP contribution in [0, 0.1) is 12.3 Å². The lowest BCUT2D eigenvalue weighted by molar-refractivity contribution is 0.475. The number of nitrogens with two attached hydrogens (primary N) is 1. The summed E-state index contributed by atoms with van der Waals surface area (Å²) in [6.45, 7) is 3.50. The van der Waals surface area contributed by atoms with Crippen LogP contribution in [0.4, 0.5) is 0 Å². The number of phenolic OH excluding ortho intramolecular Hbond substituents is 1. The van der Waals surface area contributed by atoms with Gasteiger partial charge < -0.3 is 16.2 Å². The Hall–Kier alpha value is -4.04. The molecular weight excluding hydrogens is 402 g/mol. The topological polar surface area (TPSA) is 126 Å². The second-order valence-electron chi connectivity index (χ2n) is 7.51. The quantitative estimate of drug-likeness (QED) is 0.336. The average molecular weight is 428 g/mol. The molecule has 5 N–H and O–H groups in total. The van der Waals surface area contributed by atoms with Crippen LogP contribution in [0.2, 0.25) is 0 Å². The molecule has 0 radical (unpaired) electrons. The van der Waals surface area contributed by atoms with Gasteiger partial charge in [0.15, 0.2) is 0 Å². The molecule has 0 spiro atoms. The summed E-state index contributed by atoms with van der Waals surface area (Å²) in [5.41, 5.74) is 11.9. The van der Waals surface area contributed by atoms with Gasteiger partial charge in [0.2, 0.25) is 0 Å². The third kappa shape index (κ3) is 4.21. The Morgan fingerprint density at radius 1 is 1.16 bits per heavy atom. The monoisotopic (exact) mass is 427 g/mol. The molecule has 0 aliphatic rings. The van der Waals surface area contributed by atoms with E-state index in [0.717, 1.165) is 35.3 Å². The summed E-state index contributed by atoms with van der Waals surface area (Å²) in [6, 6.07) is 10.6. The van der Waals surface area contributed by atoms with Crippen molar-refractivity contribution >= 4 is 22.3 Å². The number of nitrogens with one attached hydrogen (secondary N) is 2. The highest BCUT2D eigenvalue weighted by Crippen LogP contribution is 2.26. The van der Waals surface area contributed by atoms with Crippen LogP contribution in [-0.2, 0) is 6.54 Å². The SMILES string of the molecule is CNCCn1cc(-c2cnc3ccc(/C(=C/N)C(=N)c4cc(O)ccc4C)nc3c2)cn1. The van der Waals surface area contributed by atoms with Crippen molar-refractivity contribution in [1.29, 1.82) is 5.41 Å². The molecule has 3 aromatic heterocycles. The maximum atomic E-state index is 9.86. The minimum Gasteiger partial charge on any atom is -0.508 e. The van der Waals surface area contributed by atoms with E-state index in [1.54, 1.807) is 30.5 Å². The number of aromatic hydroxyl groups is 1. The molecule has 0 fully saturated rings. The average Bonchev–Trinajstić information content (AvgIpc) is 3.28. The van der Waals surface area contributed by atoms with E-state index in [0.29, 0.717) is 22.3 Å². The fourth-order valence-corrected chi connectivity index (χ4v) is 3.50. The van der Waals surface area contributed by atoms with Gasteiger partial charge in [-0.05, 0) is 49.9 Å². The molecule has 3 heterocycles. The highest BCUT2D eigenvalue weighted by Gasteiger charge is 2.15. The molecule has 0 saturated heterocycles. The molecule has 8 nitrogen and oxygen atoms in total. The number of aryl methyl sites for hydroxylation is 1. The van der Waals surface area contributed by atoms with Crippen molar-refractivity contribution in [2.24, 2.45) is 5.73 Å². The van der Waals surface area contributed by atoms with E-state index in [4.69, 9.17) is 16.1 Å². The van der Waals surface area contributed by atoms with Crippen LogP contribution in [0.5, 0.6) is 5.75 Å². The highest BCUT2D eigenvalue weighted by molar-refractivity contribution is 6.30. The van der Waals surface area contributed by atoms with E-state index in [1.807, 2.05) is 43.2 Å². The first-order chi connectivity index (χ1) is 15.5. The molecule has 4 aromatic rings. The Morgan fingerprint density at radius 2 is 2.00 bits per heavy atom. The zero-order chi connectivity index (χ0) is 22.7. The Kier molecular flexibility index (Phi) is 5.96. The van der Waals surface area contributed by atoms with Gasteiger partial charge in [-0.25, -0.2) is 4.98 Å². The van der Waals surface area contributed by atoms with Crippen LogP contribution in [0.1, 0.15) is 16.8 Å². The number of hydrogen-bond donors (Lipinski definition) is 4. The molecule has 4 rings (SSSR count). The van der Waals surface area contributed by atoms with Crippen molar-refractivity contribution in [2.45, 2.75) is 13.5 Å². The lowest BCUT2D eigenvalue weighted by Gasteiger charge is -2.12. The largest absolute Gasteiger partial charge is 0.508 e. The van der Waals surface area contributed by atoms with Crippen LogP contribution < -0.4 is 11.1 Å². The van der Waals surface area contributed by atoms with Crippen molar-refractivity contribution in [3.05, 3.63) is 78.0 Å². The molecule has 0 amide bonds. The molecule has 32 heavy (non-hydrogen) atoms. The summed E-state index contributed by atoms with van der Waals surface area (Å²) in [5.74, 6) is 0.0994. The smallest absolute Gasteiger partial charge is 0.116 e. The first-order valence-electron chi connectivity index (χ1n) is 10.3. The zero-order valence-corrected chi connectivity index (χ0v) is 18.0. The minimum absolute atomic E-state index is 0.0994. The van der Waals surface area contributed by atoms with Crippen molar-refractivity contribution in [2.75, 3.05) is 13.6 Å². The van der Waals surface area contributed by atoms with E-state index < -0.39 is 0 Å². The second-order valence-corrected chi connectivity index (χ2v) is 7.51. The van der Waals surface area contributed by atoms with Gasteiger partial charge >= 0.3 is 0 Å². The zero-order valence-electron chi connectivity index (χ0n) is 18.0. The van der Waals surface area contributed by atoms with Gasteiger partial charge in [-0.2, -0.15) is 5.10 Å². The molecule has 8 heteroatoms. The van der Waals surface area contributed by atoms with Crippen molar-refractivity contribution < 1.29 is 5.11 Å². The highest BCUT2D eigenvalue weighted by atomic mass is 16.3. The van der Waals surface area contributed by atoms with Crippen molar-refractivity contribution in [3.63, 3.8) is 0 Å².